The zero-order valence-electron chi connectivity index (χ0n) is 20.5. The van der Waals surface area contributed by atoms with Crippen LogP contribution in [0.15, 0.2) is 79.6 Å². The summed E-state index contributed by atoms with van der Waals surface area (Å²) >= 11 is 0. The Balaban J connectivity index is 0.00000336. The highest BCUT2D eigenvalue weighted by Gasteiger charge is 2.19. The van der Waals surface area contributed by atoms with Crippen LogP contribution in [0.25, 0.3) is 22.0 Å². The van der Waals surface area contributed by atoms with Crippen molar-refractivity contribution in [2.45, 2.75) is 14.4 Å². The molecular weight excluding hydrogens is 478 g/mol. The summed E-state index contributed by atoms with van der Waals surface area (Å²) in [4.78, 5) is 41.2. The predicted molar refractivity (Wildman–Crippen MR) is 153 cm³/mol. The lowest BCUT2D eigenvalue weighted by molar-refractivity contribution is -0.129. The predicted octanol–water partition coefficient (Wildman–Crippen LogP) is 4.86. The second kappa shape index (κ2) is 11.5. The Labute approximate surface area is 222 Å². The SMILES string of the molecule is C.C=CC(=O)Nc1cccc(-c2cccc3cnc(Nc4ccc(N5CCN(C(C)=O)CC5)nc4)nc23)c1. The summed E-state index contributed by atoms with van der Waals surface area (Å²) in [6, 6.07) is 17.4. The third-order valence-corrected chi connectivity index (χ3v) is 6.29. The average Bonchev–Trinajstić information content (AvgIpc) is 2.93. The lowest BCUT2D eigenvalue weighted by Crippen LogP contribution is -2.48. The van der Waals surface area contributed by atoms with Crippen molar-refractivity contribution >= 4 is 45.9 Å². The van der Waals surface area contributed by atoms with Crippen LogP contribution in [-0.4, -0.2) is 57.8 Å². The van der Waals surface area contributed by atoms with Gasteiger partial charge in [0.1, 0.15) is 5.82 Å². The topological polar surface area (TPSA) is 103 Å². The van der Waals surface area contributed by atoms with E-state index in [9.17, 15) is 9.59 Å². The molecule has 9 heteroatoms. The number of hydrogen-bond donors (Lipinski definition) is 2. The minimum absolute atomic E-state index is 0. The molecule has 0 spiro atoms. The van der Waals surface area contributed by atoms with Crippen LogP contribution in [0.4, 0.5) is 23.1 Å². The Morgan fingerprint density at radius 2 is 1.74 bits per heavy atom. The molecule has 0 saturated carbocycles. The van der Waals surface area contributed by atoms with E-state index in [1.165, 1.54) is 6.08 Å². The fourth-order valence-electron chi connectivity index (χ4n) is 4.33. The summed E-state index contributed by atoms with van der Waals surface area (Å²) in [7, 11) is 0. The first-order valence-corrected chi connectivity index (χ1v) is 12.0. The van der Waals surface area contributed by atoms with Gasteiger partial charge in [0.15, 0.2) is 0 Å². The number of para-hydroxylation sites is 1. The first-order valence-electron chi connectivity index (χ1n) is 12.0. The van der Waals surface area contributed by atoms with Gasteiger partial charge in [-0.25, -0.2) is 15.0 Å². The van der Waals surface area contributed by atoms with Crippen LogP contribution in [0, 0.1) is 0 Å². The number of aromatic nitrogens is 3. The Bertz CT molecular complexity index is 1460. The third-order valence-electron chi connectivity index (χ3n) is 6.29. The molecule has 1 saturated heterocycles. The van der Waals surface area contributed by atoms with E-state index in [0.717, 1.165) is 46.6 Å². The minimum Gasteiger partial charge on any atom is -0.353 e. The number of nitrogens with zero attached hydrogens (tertiary/aromatic N) is 5. The number of carbonyl (C=O) groups excluding carboxylic acids is 2. The Morgan fingerprint density at radius 3 is 2.45 bits per heavy atom. The van der Waals surface area contributed by atoms with E-state index in [0.29, 0.717) is 24.7 Å². The molecule has 1 fully saturated rings. The molecule has 5 rings (SSSR count). The van der Waals surface area contributed by atoms with E-state index < -0.39 is 0 Å². The molecule has 0 radical (unpaired) electrons. The van der Waals surface area contributed by atoms with Crippen molar-refractivity contribution in [3.8, 4) is 11.1 Å². The summed E-state index contributed by atoms with van der Waals surface area (Å²) in [5.74, 6) is 1.18. The smallest absolute Gasteiger partial charge is 0.247 e. The lowest BCUT2D eigenvalue weighted by atomic mass is 10.0. The summed E-state index contributed by atoms with van der Waals surface area (Å²) < 4.78 is 0. The van der Waals surface area contributed by atoms with Crippen molar-refractivity contribution in [2.75, 3.05) is 41.7 Å². The Morgan fingerprint density at radius 1 is 0.947 bits per heavy atom. The summed E-state index contributed by atoms with van der Waals surface area (Å²) in [6.45, 7) is 8.03. The maximum Gasteiger partial charge on any atom is 0.247 e. The zero-order chi connectivity index (χ0) is 25.8. The van der Waals surface area contributed by atoms with Gasteiger partial charge in [-0.05, 0) is 35.9 Å². The highest BCUT2D eigenvalue weighted by atomic mass is 16.2. The molecule has 1 aliphatic heterocycles. The van der Waals surface area contributed by atoms with E-state index in [2.05, 4.69) is 32.1 Å². The van der Waals surface area contributed by atoms with Crippen molar-refractivity contribution in [3.05, 3.63) is 79.6 Å². The van der Waals surface area contributed by atoms with Gasteiger partial charge in [-0.1, -0.05) is 44.3 Å². The zero-order valence-corrected chi connectivity index (χ0v) is 20.5. The molecule has 1 aliphatic rings. The van der Waals surface area contributed by atoms with Gasteiger partial charge in [-0.3, -0.25) is 9.59 Å². The number of hydrogen-bond acceptors (Lipinski definition) is 7. The monoisotopic (exact) mass is 509 g/mol. The van der Waals surface area contributed by atoms with E-state index in [1.807, 2.05) is 59.5 Å². The number of amides is 2. The third kappa shape index (κ3) is 5.78. The van der Waals surface area contributed by atoms with Crippen LogP contribution in [0.2, 0.25) is 0 Å². The number of nitrogens with one attached hydrogen (secondary N) is 2. The van der Waals surface area contributed by atoms with Gasteiger partial charge in [-0.15, -0.1) is 0 Å². The van der Waals surface area contributed by atoms with Crippen LogP contribution in [0.1, 0.15) is 14.4 Å². The van der Waals surface area contributed by atoms with E-state index in [4.69, 9.17) is 4.98 Å². The molecule has 0 bridgehead atoms. The van der Waals surface area contributed by atoms with Crippen molar-refractivity contribution in [2.24, 2.45) is 0 Å². The number of rotatable bonds is 6. The van der Waals surface area contributed by atoms with Crippen LogP contribution >= 0.6 is 0 Å². The molecule has 38 heavy (non-hydrogen) atoms. The number of pyridine rings is 1. The van der Waals surface area contributed by atoms with Crippen LogP contribution in [0.5, 0.6) is 0 Å². The van der Waals surface area contributed by atoms with Gasteiger partial charge in [-0.2, -0.15) is 0 Å². The quantitative estimate of drug-likeness (QED) is 0.358. The van der Waals surface area contributed by atoms with Crippen molar-refractivity contribution in [3.63, 3.8) is 0 Å². The molecule has 0 aliphatic carbocycles. The average molecular weight is 510 g/mol. The molecule has 2 N–H and O–H groups in total. The number of anilines is 4. The van der Waals surface area contributed by atoms with Crippen LogP contribution < -0.4 is 15.5 Å². The molecule has 0 atom stereocenters. The molecule has 4 aromatic rings. The van der Waals surface area contributed by atoms with Crippen molar-refractivity contribution < 1.29 is 9.59 Å². The second-order valence-electron chi connectivity index (χ2n) is 8.73. The number of fused-ring (bicyclic) bond motifs is 1. The molecule has 9 nitrogen and oxygen atoms in total. The summed E-state index contributed by atoms with van der Waals surface area (Å²) in [5.41, 5.74) is 4.10. The van der Waals surface area contributed by atoms with Gasteiger partial charge >= 0.3 is 0 Å². The summed E-state index contributed by atoms with van der Waals surface area (Å²) in [6.07, 6.45) is 4.79. The first kappa shape index (κ1) is 26.3. The van der Waals surface area contributed by atoms with Gasteiger partial charge in [0.05, 0.1) is 17.4 Å². The normalized spacial score (nSPS) is 13.0. The molecule has 2 aromatic carbocycles. The van der Waals surface area contributed by atoms with Crippen molar-refractivity contribution in [1.29, 1.82) is 0 Å². The molecule has 2 aromatic heterocycles. The Kier molecular flexibility index (Phi) is 7.96. The fourth-order valence-corrected chi connectivity index (χ4v) is 4.33. The highest BCUT2D eigenvalue weighted by Crippen LogP contribution is 2.30. The van der Waals surface area contributed by atoms with Crippen molar-refractivity contribution in [1.82, 2.24) is 19.9 Å². The highest BCUT2D eigenvalue weighted by molar-refractivity contribution is 6.00. The van der Waals surface area contributed by atoms with Gasteiger partial charge < -0.3 is 20.4 Å². The molecular formula is C29H31N7O2. The molecule has 2 amide bonds. The molecule has 0 unspecified atom stereocenters. The van der Waals surface area contributed by atoms with E-state index in [-0.39, 0.29) is 19.2 Å². The van der Waals surface area contributed by atoms with E-state index >= 15 is 0 Å². The second-order valence-corrected chi connectivity index (χ2v) is 8.73. The van der Waals surface area contributed by atoms with Crippen LogP contribution in [-0.2, 0) is 9.59 Å². The Hall–Kier alpha value is -4.79. The number of piperazine rings is 1. The minimum atomic E-state index is -0.262. The molecule has 194 valence electrons. The maximum absolute atomic E-state index is 11.7. The largest absolute Gasteiger partial charge is 0.353 e. The van der Waals surface area contributed by atoms with Gasteiger partial charge in [0.25, 0.3) is 0 Å². The fraction of sp³-hybridized carbons (Fsp3) is 0.207. The first-order chi connectivity index (χ1) is 18.0. The number of carbonyl (C=O) groups is 2. The van der Waals surface area contributed by atoms with Crippen LogP contribution in [0.3, 0.4) is 0 Å². The standard InChI is InChI=1S/C28H27N7O2.CH4/c1-3-26(37)31-22-8-4-6-20(16-22)24-9-5-7-21-17-30-28(33-27(21)24)32-23-10-11-25(29-18-23)35-14-12-34(13-15-35)19(2)36;/h3-11,16-18H,1,12-15H2,2H3,(H,31,37)(H,30,32,33);1H4. The maximum atomic E-state index is 11.7. The van der Waals surface area contributed by atoms with Gasteiger partial charge in [0.2, 0.25) is 17.8 Å². The lowest BCUT2D eigenvalue weighted by Gasteiger charge is -2.34. The van der Waals surface area contributed by atoms with E-state index in [1.54, 1.807) is 19.3 Å². The van der Waals surface area contributed by atoms with Gasteiger partial charge in [0, 0.05) is 55.9 Å². The summed E-state index contributed by atoms with van der Waals surface area (Å²) in [5, 5.41) is 6.95. The number of benzene rings is 2. The molecule has 3 heterocycles.